The zero-order valence-corrected chi connectivity index (χ0v) is 20.4. The van der Waals surface area contributed by atoms with Crippen molar-refractivity contribution in [1.29, 1.82) is 0 Å². The molecule has 5 rings (SSSR count). The fraction of sp³-hybridized carbons (Fsp3) is 0.160. The molecule has 0 fully saturated rings. The summed E-state index contributed by atoms with van der Waals surface area (Å²) >= 11 is 0. The van der Waals surface area contributed by atoms with Crippen molar-refractivity contribution in [2.24, 2.45) is 7.05 Å². The van der Waals surface area contributed by atoms with Gasteiger partial charge in [0, 0.05) is 45.2 Å². The number of hydrogen-bond donors (Lipinski definition) is 2. The smallest absolute Gasteiger partial charge is 0.356 e. The van der Waals surface area contributed by atoms with Crippen LogP contribution in [0.5, 0.6) is 5.75 Å². The molecule has 0 bridgehead atoms. The van der Waals surface area contributed by atoms with Crippen LogP contribution < -0.4 is 20.5 Å². The first-order chi connectivity index (χ1) is 17.8. The van der Waals surface area contributed by atoms with Crippen LogP contribution in [0.4, 0.5) is 17.2 Å². The molecule has 188 valence electrons. The van der Waals surface area contributed by atoms with E-state index in [4.69, 9.17) is 4.74 Å². The van der Waals surface area contributed by atoms with E-state index in [9.17, 15) is 14.7 Å². The quantitative estimate of drug-likeness (QED) is 0.330. The van der Waals surface area contributed by atoms with Crippen LogP contribution in [0.2, 0.25) is 0 Å². The summed E-state index contributed by atoms with van der Waals surface area (Å²) in [6.07, 6.45) is 4.63. The van der Waals surface area contributed by atoms with E-state index < -0.39 is 5.97 Å². The highest BCUT2D eigenvalue weighted by atomic mass is 16.5. The Hall–Kier alpha value is -5.13. The number of imidazole rings is 1. The van der Waals surface area contributed by atoms with E-state index in [0.29, 0.717) is 23.7 Å². The summed E-state index contributed by atoms with van der Waals surface area (Å²) in [5.74, 6) is 0.337. The van der Waals surface area contributed by atoms with Gasteiger partial charge in [0.05, 0.1) is 19.0 Å². The summed E-state index contributed by atoms with van der Waals surface area (Å²) in [7, 11) is 5.25. The first kappa shape index (κ1) is 23.6. The van der Waals surface area contributed by atoms with Crippen molar-refractivity contribution >= 4 is 28.8 Å². The summed E-state index contributed by atoms with van der Waals surface area (Å²) in [5, 5.41) is 21.4. The number of anilines is 3. The number of ether oxygens (including phenoxy) is 1. The van der Waals surface area contributed by atoms with Crippen LogP contribution >= 0.6 is 0 Å². The third-order valence-corrected chi connectivity index (χ3v) is 5.81. The Labute approximate surface area is 211 Å². The van der Waals surface area contributed by atoms with Crippen LogP contribution in [-0.2, 0) is 13.6 Å². The Kier molecular flexibility index (Phi) is 6.05. The molecule has 4 aromatic heterocycles. The fourth-order valence-electron chi connectivity index (χ4n) is 3.97. The number of methoxy groups -OCH3 is 1. The van der Waals surface area contributed by atoms with Crippen LogP contribution in [0.1, 0.15) is 16.1 Å². The van der Waals surface area contributed by atoms with E-state index >= 15 is 0 Å². The number of hydrogen-bond acceptors (Lipinski definition) is 8. The van der Waals surface area contributed by atoms with E-state index in [0.717, 1.165) is 11.3 Å². The van der Waals surface area contributed by atoms with Crippen LogP contribution in [-0.4, -0.2) is 54.2 Å². The van der Waals surface area contributed by atoms with E-state index in [1.54, 1.807) is 55.5 Å². The molecular formula is C25H24N8O4. The molecule has 37 heavy (non-hydrogen) atoms. The van der Waals surface area contributed by atoms with Crippen molar-refractivity contribution in [2.75, 3.05) is 24.4 Å². The third-order valence-electron chi connectivity index (χ3n) is 5.81. The molecule has 0 saturated heterocycles. The number of aromatic nitrogens is 6. The van der Waals surface area contributed by atoms with Crippen molar-refractivity contribution in [1.82, 2.24) is 28.9 Å². The van der Waals surface area contributed by atoms with Crippen LogP contribution in [0.15, 0.2) is 71.9 Å². The summed E-state index contributed by atoms with van der Waals surface area (Å²) < 4.78 is 9.50. The number of aryl methyl sites for hydroxylation is 1. The van der Waals surface area contributed by atoms with Crippen molar-refractivity contribution in [3.8, 4) is 11.6 Å². The number of nitrogens with one attached hydrogen (secondary N) is 1. The second kappa shape index (κ2) is 9.49. The van der Waals surface area contributed by atoms with Gasteiger partial charge in [0.1, 0.15) is 11.4 Å². The predicted molar refractivity (Wildman–Crippen MR) is 137 cm³/mol. The molecule has 0 saturated carbocycles. The first-order valence-electron chi connectivity index (χ1n) is 11.3. The van der Waals surface area contributed by atoms with Gasteiger partial charge in [-0.25, -0.2) is 14.3 Å². The van der Waals surface area contributed by atoms with Gasteiger partial charge in [-0.3, -0.25) is 14.0 Å². The van der Waals surface area contributed by atoms with Crippen LogP contribution in [0.25, 0.3) is 11.5 Å². The van der Waals surface area contributed by atoms with E-state index in [1.807, 2.05) is 36.2 Å². The highest BCUT2D eigenvalue weighted by Crippen LogP contribution is 2.26. The summed E-state index contributed by atoms with van der Waals surface area (Å²) in [5.41, 5.74) is 1.83. The van der Waals surface area contributed by atoms with E-state index in [-0.39, 0.29) is 22.8 Å². The number of carbonyl (C=O) groups is 1. The van der Waals surface area contributed by atoms with Crippen molar-refractivity contribution in [2.45, 2.75) is 6.54 Å². The van der Waals surface area contributed by atoms with Gasteiger partial charge in [-0.15, -0.1) is 5.10 Å². The molecule has 1 aromatic carbocycles. The number of pyridine rings is 1. The molecule has 0 aliphatic rings. The zero-order chi connectivity index (χ0) is 26.1. The lowest BCUT2D eigenvalue weighted by atomic mass is 10.2. The normalized spacial score (nSPS) is 11.0. The number of fused-ring (bicyclic) bond motifs is 1. The number of aromatic carboxylic acids is 1. The monoisotopic (exact) mass is 500 g/mol. The molecule has 0 amide bonds. The second-order valence-corrected chi connectivity index (χ2v) is 8.37. The number of rotatable bonds is 8. The van der Waals surface area contributed by atoms with Gasteiger partial charge in [0.15, 0.2) is 23.0 Å². The topological polar surface area (TPSA) is 132 Å². The minimum absolute atomic E-state index is 0.100. The maximum atomic E-state index is 13.2. The molecule has 12 nitrogen and oxygen atoms in total. The third kappa shape index (κ3) is 4.59. The van der Waals surface area contributed by atoms with Crippen molar-refractivity contribution in [3.63, 3.8) is 0 Å². The van der Waals surface area contributed by atoms with E-state index in [2.05, 4.69) is 20.5 Å². The number of nitrogens with zero attached hydrogens (tertiary/aromatic N) is 7. The maximum absolute atomic E-state index is 13.2. The summed E-state index contributed by atoms with van der Waals surface area (Å²) in [4.78, 5) is 31.2. The number of carboxylic acid groups (broad SMARTS) is 1. The van der Waals surface area contributed by atoms with Gasteiger partial charge in [0.2, 0.25) is 0 Å². The van der Waals surface area contributed by atoms with Gasteiger partial charge >= 0.3 is 5.97 Å². The summed E-state index contributed by atoms with van der Waals surface area (Å²) in [6, 6.07) is 14.4. The Bertz CT molecular complexity index is 1650. The van der Waals surface area contributed by atoms with Gasteiger partial charge in [0.25, 0.3) is 5.56 Å². The highest BCUT2D eigenvalue weighted by Gasteiger charge is 2.19. The molecule has 0 radical (unpaired) electrons. The number of carboxylic acids is 1. The van der Waals surface area contributed by atoms with Crippen molar-refractivity contribution in [3.05, 3.63) is 88.7 Å². The van der Waals surface area contributed by atoms with Gasteiger partial charge < -0.3 is 20.1 Å². The molecule has 2 N–H and O–H groups in total. The average Bonchev–Trinajstić information content (AvgIpc) is 3.51. The molecule has 0 spiro atoms. The fourth-order valence-corrected chi connectivity index (χ4v) is 3.97. The van der Waals surface area contributed by atoms with Gasteiger partial charge in [-0.2, -0.15) is 5.10 Å². The molecule has 0 unspecified atom stereocenters. The Morgan fingerprint density at radius 2 is 1.92 bits per heavy atom. The molecular weight excluding hydrogens is 476 g/mol. The molecule has 5 aromatic rings. The van der Waals surface area contributed by atoms with Crippen LogP contribution in [0, 0.1) is 0 Å². The minimum Gasteiger partial charge on any atom is -0.497 e. The van der Waals surface area contributed by atoms with Crippen molar-refractivity contribution < 1.29 is 14.6 Å². The average molecular weight is 501 g/mol. The molecule has 4 heterocycles. The molecule has 0 aliphatic carbocycles. The highest BCUT2D eigenvalue weighted by molar-refractivity contribution is 5.88. The Morgan fingerprint density at radius 3 is 2.59 bits per heavy atom. The molecule has 12 heteroatoms. The largest absolute Gasteiger partial charge is 0.497 e. The minimum atomic E-state index is -1.17. The van der Waals surface area contributed by atoms with E-state index in [1.165, 1.54) is 15.3 Å². The van der Waals surface area contributed by atoms with Gasteiger partial charge in [-0.1, -0.05) is 12.1 Å². The standard InChI is InChI=1S/C25H24N8O4/c1-30(15-16-6-8-17(37-3)9-7-16)19-13-21(28-33-20(25(35)36)14-26-23(19)33)27-18-5-4-11-32(24(18)34)22-10-12-31(2)29-22/h4-14H,15H2,1-3H3,(H,27,28)(H,35,36). The number of benzene rings is 1. The lowest BCUT2D eigenvalue weighted by Crippen LogP contribution is -2.22. The first-order valence-corrected chi connectivity index (χ1v) is 11.3. The lowest BCUT2D eigenvalue weighted by Gasteiger charge is -2.21. The second-order valence-electron chi connectivity index (χ2n) is 8.37. The maximum Gasteiger partial charge on any atom is 0.356 e. The molecule has 0 atom stereocenters. The molecule has 0 aliphatic heterocycles. The zero-order valence-electron chi connectivity index (χ0n) is 20.4. The van der Waals surface area contributed by atoms with Crippen LogP contribution in [0.3, 0.4) is 0 Å². The summed E-state index contributed by atoms with van der Waals surface area (Å²) in [6.45, 7) is 0.510. The Balaban J connectivity index is 1.54. The SMILES string of the molecule is COc1ccc(CN(C)c2cc(Nc3cccn(-c4ccn(C)n4)c3=O)nn3c(C(=O)O)cnc23)cc1. The predicted octanol–water partition coefficient (Wildman–Crippen LogP) is 2.70. The van der Waals surface area contributed by atoms with Gasteiger partial charge in [-0.05, 0) is 29.8 Å². The lowest BCUT2D eigenvalue weighted by molar-refractivity contribution is 0.0688. The Morgan fingerprint density at radius 1 is 1.14 bits per heavy atom.